The molecule has 16 rings (SSSR count). The van der Waals surface area contributed by atoms with Crippen LogP contribution in [0.5, 0.6) is 0 Å². The van der Waals surface area contributed by atoms with Gasteiger partial charge in [0, 0.05) is 113 Å². The summed E-state index contributed by atoms with van der Waals surface area (Å²) in [6, 6.07) is 92.2. The minimum atomic E-state index is -0.531. The fourth-order valence-electron chi connectivity index (χ4n) is 19.7. The van der Waals surface area contributed by atoms with Crippen molar-refractivity contribution in [3.8, 4) is 68.8 Å². The molecule has 4 atom stereocenters. The van der Waals surface area contributed by atoms with E-state index in [0.29, 0.717) is 128 Å². The van der Waals surface area contributed by atoms with Gasteiger partial charge in [-0.05, 0) is 335 Å². The number of nitrogens with zero attached hydrogens (tertiary/aromatic N) is 8. The molecule has 4 saturated heterocycles. The average Bonchev–Trinajstić information content (AvgIpc) is 0.824. The van der Waals surface area contributed by atoms with Gasteiger partial charge in [-0.25, -0.2) is 19.2 Å². The summed E-state index contributed by atoms with van der Waals surface area (Å²) < 4.78 is 16.2. The molecule has 0 saturated carbocycles. The number of nitrogens with one attached hydrogen (secondary N) is 7. The quantitative estimate of drug-likeness (QED) is 0.0206. The molecule has 7 amide bonds. The van der Waals surface area contributed by atoms with E-state index in [1.165, 1.54) is 16.7 Å². The Kier molecular flexibility index (Phi) is 44.3. The number of amides is 7. The van der Waals surface area contributed by atoms with Gasteiger partial charge < -0.3 is 65.7 Å². The van der Waals surface area contributed by atoms with E-state index in [1.807, 2.05) is 84.9 Å². The number of carbonyl (C=O) groups excluding carboxylic acids is 4. The number of hydrogen-bond acceptors (Lipinski definition) is 15. The zero-order valence-electron chi connectivity index (χ0n) is 83.4. The van der Waals surface area contributed by atoms with Crippen LogP contribution in [0.15, 0.2) is 267 Å². The normalized spacial score (nSPS) is 15.1. The van der Waals surface area contributed by atoms with Crippen molar-refractivity contribution in [1.29, 1.82) is 21.0 Å². The molecule has 30 heteroatoms. The third-order valence-corrected chi connectivity index (χ3v) is 30.1. The lowest BCUT2D eigenvalue weighted by Gasteiger charge is -2.36. The Labute approximate surface area is 909 Å². The van der Waals surface area contributed by atoms with Crippen LogP contribution >= 0.6 is 92.8 Å². The number of anilines is 4. The summed E-state index contributed by atoms with van der Waals surface area (Å²) in [5.41, 5.74) is 17.8. The fraction of sp³-hybridized carbons (Fsp3) is 0.322. The Bertz CT molecular complexity index is 6530. The van der Waals surface area contributed by atoms with Crippen LogP contribution in [-0.2, 0) is 14.2 Å². The van der Waals surface area contributed by atoms with E-state index in [-0.39, 0.29) is 48.4 Å². The molecular weight excluding hydrogens is 2020 g/mol. The van der Waals surface area contributed by atoms with Gasteiger partial charge in [-0.3, -0.25) is 5.32 Å². The van der Waals surface area contributed by atoms with Crippen molar-refractivity contribution in [3.05, 3.63) is 352 Å². The topological polar surface area (TPSA) is 288 Å². The molecule has 4 aliphatic heterocycles. The van der Waals surface area contributed by atoms with E-state index < -0.39 is 6.09 Å². The van der Waals surface area contributed by atoms with Crippen molar-refractivity contribution in [2.45, 2.75) is 88.4 Å². The molecule has 768 valence electrons. The van der Waals surface area contributed by atoms with E-state index in [4.69, 9.17) is 107 Å². The SMILES string of the molecule is CCCN1CCC(C(COC(=O)Nc2cc(Cl)cc(Cl)c2)c2ccc(-c3cccc(C#N)c3)cc2)CC1.CN1CCC(C(CNC(=O)Nc2ccc(Cl)c(Cl)c2)c2ccc(-c3cccc(C#N)c3)cc2)CC1.COCCN1CCC(C(CNC(=O)Nc2cc(Cl)cc(Cl)c2)c2ccc(-c3cccc(C#N)c3)cc2)CC1.COCCN1CCC(C(CNC(=O)Nc2ccc(Cl)c(Cl)c2)c2ccc(-c3cccc(C#N)c3)cc2)CC1. The summed E-state index contributed by atoms with van der Waals surface area (Å²) in [5.74, 6) is 2.36. The summed E-state index contributed by atoms with van der Waals surface area (Å²) in [6.07, 6.45) is 9.12. The molecular formula is C118H123Cl8N15O7. The van der Waals surface area contributed by atoms with Crippen molar-refractivity contribution in [1.82, 2.24) is 35.6 Å². The molecule has 4 aliphatic rings. The lowest BCUT2D eigenvalue weighted by molar-refractivity contribution is 0.114. The Morgan fingerprint density at radius 2 is 0.608 bits per heavy atom. The maximum Gasteiger partial charge on any atom is 0.411 e. The van der Waals surface area contributed by atoms with Gasteiger partial charge in [0.2, 0.25) is 0 Å². The lowest BCUT2D eigenvalue weighted by atomic mass is 9.79. The molecule has 0 bridgehead atoms. The first-order chi connectivity index (χ1) is 71.8. The van der Waals surface area contributed by atoms with Crippen LogP contribution in [0.2, 0.25) is 40.2 Å². The van der Waals surface area contributed by atoms with Crippen LogP contribution in [0.3, 0.4) is 0 Å². The number of benzene rings is 12. The average molecular weight is 2150 g/mol. The van der Waals surface area contributed by atoms with Gasteiger partial charge in [-0.15, -0.1) is 0 Å². The predicted octanol–water partition coefficient (Wildman–Crippen LogP) is 28.4. The molecule has 12 aromatic rings. The number of likely N-dealkylation sites (tertiary alicyclic amines) is 4. The molecule has 0 aromatic heterocycles. The highest BCUT2D eigenvalue weighted by Gasteiger charge is 2.34. The Morgan fingerprint density at radius 1 is 0.324 bits per heavy atom. The minimum absolute atomic E-state index is 0.0805. The monoisotopic (exact) mass is 2140 g/mol. The number of urea groups is 3. The number of carbonyl (C=O) groups is 4. The number of rotatable bonds is 32. The van der Waals surface area contributed by atoms with Crippen LogP contribution in [0.4, 0.5) is 41.9 Å². The van der Waals surface area contributed by atoms with Gasteiger partial charge in [-0.1, -0.05) is 245 Å². The van der Waals surface area contributed by atoms with Crippen LogP contribution in [-0.4, -0.2) is 177 Å². The van der Waals surface area contributed by atoms with Gasteiger partial charge in [0.05, 0.1) is 79.8 Å². The van der Waals surface area contributed by atoms with Crippen molar-refractivity contribution in [3.63, 3.8) is 0 Å². The van der Waals surface area contributed by atoms with Crippen LogP contribution in [0, 0.1) is 69.0 Å². The van der Waals surface area contributed by atoms with Crippen LogP contribution in [0.25, 0.3) is 44.5 Å². The second-order valence-corrected chi connectivity index (χ2v) is 41.0. The summed E-state index contributed by atoms with van der Waals surface area (Å²) >= 11 is 48.4. The molecule has 148 heavy (non-hydrogen) atoms. The second-order valence-electron chi connectivity index (χ2n) is 37.7. The van der Waals surface area contributed by atoms with E-state index in [0.717, 1.165) is 193 Å². The van der Waals surface area contributed by atoms with Crippen LogP contribution < -0.4 is 37.2 Å². The summed E-state index contributed by atoms with van der Waals surface area (Å²) in [5, 5.41) is 60.9. The first-order valence-electron chi connectivity index (χ1n) is 50.0. The molecule has 12 aromatic carbocycles. The summed E-state index contributed by atoms with van der Waals surface area (Å²) in [6.45, 7) is 16.8. The second kappa shape index (κ2) is 58.1. The van der Waals surface area contributed by atoms with Gasteiger partial charge in [-0.2, -0.15) is 21.0 Å². The van der Waals surface area contributed by atoms with Crippen molar-refractivity contribution in [2.75, 3.05) is 154 Å². The predicted molar refractivity (Wildman–Crippen MR) is 601 cm³/mol. The number of nitriles is 4. The smallest absolute Gasteiger partial charge is 0.411 e. The molecule has 4 heterocycles. The molecule has 7 N–H and O–H groups in total. The molecule has 22 nitrogen and oxygen atoms in total. The zero-order valence-corrected chi connectivity index (χ0v) is 89.4. The van der Waals surface area contributed by atoms with E-state index in [9.17, 15) is 40.2 Å². The number of ether oxygens (including phenoxy) is 3. The Morgan fingerprint density at radius 3 is 0.905 bits per heavy atom. The Hall–Kier alpha value is -12.2. The fourth-order valence-corrected chi connectivity index (χ4v) is 21.4. The van der Waals surface area contributed by atoms with Gasteiger partial charge in [0.1, 0.15) is 6.61 Å². The third-order valence-electron chi connectivity index (χ3n) is 27.8. The Balaban J connectivity index is 0.000000165. The largest absolute Gasteiger partial charge is 0.449 e. The van der Waals surface area contributed by atoms with E-state index in [1.54, 1.807) is 99.1 Å². The van der Waals surface area contributed by atoms with Gasteiger partial charge in [0.15, 0.2) is 0 Å². The highest BCUT2D eigenvalue weighted by atomic mass is 35.5. The maximum absolute atomic E-state index is 12.8. The molecule has 0 radical (unpaired) electrons. The molecule has 0 aliphatic carbocycles. The standard InChI is InChI=1S/2C30H32Cl2N4O2.C30H31Cl2N3O2.C28H28Cl2N4O/c1-38-14-13-36-11-9-24(10-12-36)29(20-34-30(37)35-28-17-26(31)16-27(32)18-28)23-7-5-22(6-8-23)25-4-2-3-21(15-25)19-33;1-38-16-15-36-13-11-24(12-14-36)27(20-34-30(37)35-26-9-10-28(31)29(32)18-26)23-7-5-22(6-8-23)25-4-2-3-21(17-25)19-33;1-2-12-35-13-10-24(11-14-35)29(20-37-30(36)34-28-17-26(31)16-27(32)18-28)23-8-6-22(7-9-23)25-5-3-4-21(15-25)19-33;1-34-13-11-22(12-14-34)25(18-32-28(35)33-24-9-10-26(29)27(30)16-24)21-7-5-20(6-8-21)23-4-2-3-19(15-23)17-31/h2-8,15-18,24,29H,9-14,20H2,1H3,(H2,34,35,37);2-10,17-18,24,27H,11-16,20H2,1H3,(H2,34,35,37);3-9,15-18,24,29H,2,10-14,20H2,1H3,(H,34,36);2-10,15-16,22,25H,11-14,18H2,1H3,(H2,32,33,35). The third kappa shape index (κ3) is 34.7. The zero-order chi connectivity index (χ0) is 105. The van der Waals surface area contributed by atoms with Crippen molar-refractivity contribution >= 4 is 140 Å². The number of halogens is 8. The van der Waals surface area contributed by atoms with Gasteiger partial charge in [0.25, 0.3) is 0 Å². The highest BCUT2D eigenvalue weighted by Crippen LogP contribution is 2.41. The minimum Gasteiger partial charge on any atom is -0.449 e. The number of methoxy groups -OCH3 is 2. The molecule has 4 unspecified atom stereocenters. The van der Waals surface area contributed by atoms with E-state index in [2.05, 4.69) is 192 Å². The summed E-state index contributed by atoms with van der Waals surface area (Å²) in [7, 11) is 5.62. The highest BCUT2D eigenvalue weighted by molar-refractivity contribution is 6.43. The van der Waals surface area contributed by atoms with E-state index >= 15 is 0 Å². The van der Waals surface area contributed by atoms with Crippen molar-refractivity contribution in [2.24, 2.45) is 23.7 Å². The molecule has 0 spiro atoms. The number of piperidine rings is 4. The maximum atomic E-state index is 12.8. The first-order valence-corrected chi connectivity index (χ1v) is 53.0. The van der Waals surface area contributed by atoms with Crippen molar-refractivity contribution < 1.29 is 33.4 Å². The molecule has 4 fully saturated rings. The van der Waals surface area contributed by atoms with Crippen LogP contribution in [0.1, 0.15) is 133 Å². The first kappa shape index (κ1) is 113. The summed E-state index contributed by atoms with van der Waals surface area (Å²) in [4.78, 5) is 60.5. The van der Waals surface area contributed by atoms with Gasteiger partial charge >= 0.3 is 24.2 Å². The lowest BCUT2D eigenvalue weighted by Crippen LogP contribution is -2.40. The number of hydrogen-bond donors (Lipinski definition) is 7.